The van der Waals surface area contributed by atoms with Crippen LogP contribution in [-0.2, 0) is 11.2 Å². The zero-order valence-electron chi connectivity index (χ0n) is 18.0. The van der Waals surface area contributed by atoms with Crippen molar-refractivity contribution >= 4 is 23.2 Å². The average molecular weight is 446 g/mol. The molecule has 1 unspecified atom stereocenters. The number of nitrogens with one attached hydrogen (secondary N) is 1. The summed E-state index contributed by atoms with van der Waals surface area (Å²) < 4.78 is 0. The van der Waals surface area contributed by atoms with Crippen LogP contribution in [0, 0.1) is 5.41 Å². The summed E-state index contributed by atoms with van der Waals surface area (Å²) in [6.07, 6.45) is 7.03. The monoisotopic (exact) mass is 445 g/mol. The number of amides is 2. The SMILES string of the molecule is C=CCNC(=O)C1(Cc2ccc(-c3cccs3)cc2)CCCN(C(=O)c2ccncc2)C1. The van der Waals surface area contributed by atoms with Crippen LogP contribution in [0.25, 0.3) is 10.4 Å². The minimum Gasteiger partial charge on any atom is -0.352 e. The summed E-state index contributed by atoms with van der Waals surface area (Å²) in [6.45, 7) is 5.17. The predicted molar refractivity (Wildman–Crippen MR) is 128 cm³/mol. The van der Waals surface area contributed by atoms with Crippen molar-refractivity contribution in [3.63, 3.8) is 0 Å². The molecular weight excluding hydrogens is 418 g/mol. The highest BCUT2D eigenvalue weighted by Gasteiger charge is 2.43. The zero-order chi connectivity index (χ0) is 22.4. The number of pyridine rings is 1. The normalized spacial score (nSPS) is 18.2. The molecule has 3 aromatic rings. The van der Waals surface area contributed by atoms with Crippen molar-refractivity contribution in [1.29, 1.82) is 0 Å². The molecule has 1 aliphatic heterocycles. The number of hydrogen-bond donors (Lipinski definition) is 1. The maximum Gasteiger partial charge on any atom is 0.253 e. The number of aromatic nitrogens is 1. The number of hydrogen-bond acceptors (Lipinski definition) is 4. The predicted octanol–water partition coefficient (Wildman–Crippen LogP) is 4.58. The van der Waals surface area contributed by atoms with Gasteiger partial charge >= 0.3 is 0 Å². The number of rotatable bonds is 7. The van der Waals surface area contributed by atoms with Gasteiger partial charge in [0.15, 0.2) is 0 Å². The van der Waals surface area contributed by atoms with Crippen molar-refractivity contribution in [2.75, 3.05) is 19.6 Å². The third-order valence-corrected chi connectivity index (χ3v) is 6.90. The minimum atomic E-state index is -0.672. The lowest BCUT2D eigenvalue weighted by molar-refractivity contribution is -0.133. The van der Waals surface area contributed by atoms with Crippen LogP contribution in [0.1, 0.15) is 28.8 Å². The Labute approximate surface area is 192 Å². The van der Waals surface area contributed by atoms with Crippen molar-refractivity contribution < 1.29 is 9.59 Å². The number of carbonyl (C=O) groups excluding carboxylic acids is 2. The van der Waals surface area contributed by atoms with Crippen molar-refractivity contribution in [2.24, 2.45) is 5.41 Å². The summed E-state index contributed by atoms with van der Waals surface area (Å²) in [6, 6.07) is 16.0. The molecule has 1 aliphatic rings. The Morgan fingerprint density at radius 3 is 2.62 bits per heavy atom. The van der Waals surface area contributed by atoms with Gasteiger partial charge in [0.25, 0.3) is 5.91 Å². The highest BCUT2D eigenvalue weighted by molar-refractivity contribution is 7.13. The Bertz CT molecular complexity index is 1060. The van der Waals surface area contributed by atoms with Gasteiger partial charge < -0.3 is 10.2 Å². The second-order valence-corrected chi connectivity index (χ2v) is 9.14. The number of carbonyl (C=O) groups is 2. The second-order valence-electron chi connectivity index (χ2n) is 8.20. The molecule has 0 aliphatic carbocycles. The molecule has 1 aromatic carbocycles. The zero-order valence-corrected chi connectivity index (χ0v) is 18.8. The summed E-state index contributed by atoms with van der Waals surface area (Å²) in [5.74, 6) is -0.0759. The van der Waals surface area contributed by atoms with E-state index in [1.165, 1.54) is 10.4 Å². The van der Waals surface area contributed by atoms with E-state index in [1.54, 1.807) is 41.9 Å². The van der Waals surface area contributed by atoms with E-state index in [0.29, 0.717) is 31.6 Å². The topological polar surface area (TPSA) is 62.3 Å². The van der Waals surface area contributed by atoms with Crippen molar-refractivity contribution in [3.8, 4) is 10.4 Å². The minimum absolute atomic E-state index is 0.0213. The average Bonchev–Trinajstić information content (AvgIpc) is 3.38. The summed E-state index contributed by atoms with van der Waals surface area (Å²) in [5.41, 5.74) is 2.20. The van der Waals surface area contributed by atoms with Gasteiger partial charge in [0.05, 0.1) is 5.41 Å². The number of piperidine rings is 1. The fraction of sp³-hybridized carbons (Fsp3) is 0.269. The molecule has 2 amide bonds. The number of nitrogens with zero attached hydrogens (tertiary/aromatic N) is 2. The van der Waals surface area contributed by atoms with Crippen LogP contribution in [-0.4, -0.2) is 41.3 Å². The van der Waals surface area contributed by atoms with Crippen LogP contribution in [0.5, 0.6) is 0 Å². The summed E-state index contributed by atoms with van der Waals surface area (Å²) >= 11 is 1.71. The van der Waals surface area contributed by atoms with Gasteiger partial charge in [-0.1, -0.05) is 36.4 Å². The molecule has 1 saturated heterocycles. The van der Waals surface area contributed by atoms with E-state index in [9.17, 15) is 9.59 Å². The Morgan fingerprint density at radius 1 is 1.16 bits per heavy atom. The van der Waals surface area contributed by atoms with Crippen LogP contribution < -0.4 is 5.32 Å². The largest absolute Gasteiger partial charge is 0.352 e. The smallest absolute Gasteiger partial charge is 0.253 e. The van der Waals surface area contributed by atoms with Crippen LogP contribution in [0.4, 0.5) is 0 Å². The van der Waals surface area contributed by atoms with Gasteiger partial charge in [0.2, 0.25) is 5.91 Å². The van der Waals surface area contributed by atoms with Crippen LogP contribution in [0.15, 0.2) is 79.0 Å². The van der Waals surface area contributed by atoms with Gasteiger partial charge in [0, 0.05) is 42.5 Å². The van der Waals surface area contributed by atoms with E-state index >= 15 is 0 Å². The number of likely N-dealkylation sites (tertiary alicyclic amines) is 1. The molecule has 164 valence electrons. The summed E-state index contributed by atoms with van der Waals surface area (Å²) in [5, 5.41) is 5.06. The molecule has 6 heteroatoms. The Morgan fingerprint density at radius 2 is 1.94 bits per heavy atom. The molecule has 0 spiro atoms. The van der Waals surface area contributed by atoms with Gasteiger partial charge in [-0.2, -0.15) is 0 Å². The van der Waals surface area contributed by atoms with Crippen LogP contribution in [0.2, 0.25) is 0 Å². The molecular formula is C26H27N3O2S. The first-order valence-electron chi connectivity index (χ1n) is 10.8. The Balaban J connectivity index is 1.58. The molecule has 1 atom stereocenters. The van der Waals surface area contributed by atoms with Crippen LogP contribution in [0.3, 0.4) is 0 Å². The first-order valence-corrected chi connectivity index (χ1v) is 11.7. The quantitative estimate of drug-likeness (QED) is 0.542. The van der Waals surface area contributed by atoms with E-state index in [1.807, 2.05) is 11.0 Å². The highest BCUT2D eigenvalue weighted by atomic mass is 32.1. The molecule has 0 saturated carbocycles. The van der Waals surface area contributed by atoms with Crippen molar-refractivity contribution in [1.82, 2.24) is 15.2 Å². The first-order chi connectivity index (χ1) is 15.6. The Kier molecular flexibility index (Phi) is 6.81. The summed E-state index contributed by atoms with van der Waals surface area (Å²) in [7, 11) is 0. The highest BCUT2D eigenvalue weighted by Crippen LogP contribution is 2.35. The standard InChI is InChI=1S/C26H27N3O2S/c1-2-13-28-25(31)26(18-20-6-8-21(9-7-20)23-5-3-17-32-23)12-4-16-29(19-26)24(30)22-10-14-27-15-11-22/h2-3,5-11,14-15,17H,1,4,12-13,16,18-19H2,(H,28,31). The molecule has 2 aromatic heterocycles. The molecule has 0 radical (unpaired) electrons. The molecule has 5 nitrogen and oxygen atoms in total. The van der Waals surface area contributed by atoms with Gasteiger partial charge in [0.1, 0.15) is 0 Å². The molecule has 4 rings (SSSR count). The van der Waals surface area contributed by atoms with Gasteiger partial charge in [-0.05, 0) is 54.0 Å². The van der Waals surface area contributed by atoms with E-state index in [2.05, 4.69) is 52.6 Å². The van der Waals surface area contributed by atoms with Crippen molar-refractivity contribution in [3.05, 3.63) is 90.1 Å². The van der Waals surface area contributed by atoms with Crippen LogP contribution >= 0.6 is 11.3 Å². The lowest BCUT2D eigenvalue weighted by Gasteiger charge is -2.42. The molecule has 32 heavy (non-hydrogen) atoms. The van der Waals surface area contributed by atoms with E-state index in [-0.39, 0.29) is 11.8 Å². The first kappa shape index (κ1) is 22.0. The van der Waals surface area contributed by atoms with Crippen molar-refractivity contribution in [2.45, 2.75) is 19.3 Å². The molecule has 1 fully saturated rings. The van der Waals surface area contributed by atoms with E-state index < -0.39 is 5.41 Å². The maximum absolute atomic E-state index is 13.3. The third-order valence-electron chi connectivity index (χ3n) is 5.98. The van der Waals surface area contributed by atoms with E-state index in [4.69, 9.17) is 0 Å². The number of benzene rings is 1. The summed E-state index contributed by atoms with van der Waals surface area (Å²) in [4.78, 5) is 33.5. The fourth-order valence-corrected chi connectivity index (χ4v) is 5.10. The fourth-order valence-electron chi connectivity index (χ4n) is 4.36. The molecule has 1 N–H and O–H groups in total. The maximum atomic E-state index is 13.3. The molecule has 0 bridgehead atoms. The number of thiophene rings is 1. The molecule has 3 heterocycles. The second kappa shape index (κ2) is 9.92. The third kappa shape index (κ3) is 4.81. The Hall–Kier alpha value is -3.25. The van der Waals surface area contributed by atoms with E-state index in [0.717, 1.165) is 18.4 Å². The lowest BCUT2D eigenvalue weighted by Crippen LogP contribution is -2.54. The van der Waals surface area contributed by atoms with Gasteiger partial charge in [-0.3, -0.25) is 14.6 Å². The lowest BCUT2D eigenvalue weighted by atomic mass is 9.74. The van der Waals surface area contributed by atoms with Gasteiger partial charge in [-0.15, -0.1) is 17.9 Å². The van der Waals surface area contributed by atoms with Gasteiger partial charge in [-0.25, -0.2) is 0 Å².